The number of carboxylic acid groups (broad SMARTS) is 1. The number of anilines is 2. The fourth-order valence-electron chi connectivity index (χ4n) is 1.53. The molecule has 0 aliphatic heterocycles. The number of hydrogen-bond acceptors (Lipinski definition) is 4. The Bertz CT molecular complexity index is 648. The molecule has 1 aromatic carbocycles. The van der Waals surface area contributed by atoms with E-state index in [1.807, 2.05) is 0 Å². The highest BCUT2D eigenvalue weighted by atomic mass is 16.4. The Morgan fingerprint density at radius 2 is 2.16 bits per heavy atom. The molecule has 1 heterocycles. The molecule has 0 fully saturated rings. The van der Waals surface area contributed by atoms with E-state index < -0.39 is 11.9 Å². The van der Waals surface area contributed by atoms with Crippen LogP contribution in [-0.4, -0.2) is 26.5 Å². The van der Waals surface area contributed by atoms with Gasteiger partial charge in [-0.15, -0.1) is 0 Å². The van der Waals surface area contributed by atoms with Crippen LogP contribution in [0.4, 0.5) is 11.4 Å². The zero-order chi connectivity index (χ0) is 14.0. The Labute approximate surface area is 108 Å². The monoisotopic (exact) mass is 260 g/mol. The second-order valence-corrected chi connectivity index (χ2v) is 3.99. The summed E-state index contributed by atoms with van der Waals surface area (Å²) in [5.41, 5.74) is 6.54. The first kappa shape index (κ1) is 12.6. The summed E-state index contributed by atoms with van der Waals surface area (Å²) >= 11 is 0. The normalized spacial score (nSPS) is 10.2. The second-order valence-electron chi connectivity index (χ2n) is 3.99. The van der Waals surface area contributed by atoms with Gasteiger partial charge in [0.15, 0.2) is 0 Å². The van der Waals surface area contributed by atoms with Crippen LogP contribution >= 0.6 is 0 Å². The summed E-state index contributed by atoms with van der Waals surface area (Å²) in [6.45, 7) is 0. The number of aromatic carboxylic acids is 1. The van der Waals surface area contributed by atoms with Gasteiger partial charge in [0, 0.05) is 13.2 Å². The summed E-state index contributed by atoms with van der Waals surface area (Å²) in [5.74, 6) is -1.48. The Hall–Kier alpha value is -2.83. The molecule has 98 valence electrons. The number of nitrogens with zero attached hydrogens (tertiary/aromatic N) is 2. The number of aryl methyl sites for hydroxylation is 1. The third-order valence-corrected chi connectivity index (χ3v) is 2.48. The number of nitrogen functional groups attached to an aromatic ring is 1. The minimum atomic E-state index is -1.07. The van der Waals surface area contributed by atoms with E-state index in [0.29, 0.717) is 5.69 Å². The minimum absolute atomic E-state index is 0.0633. The van der Waals surface area contributed by atoms with Crippen molar-refractivity contribution in [3.05, 3.63) is 42.0 Å². The van der Waals surface area contributed by atoms with Crippen molar-refractivity contribution < 1.29 is 14.7 Å². The van der Waals surface area contributed by atoms with Crippen molar-refractivity contribution >= 4 is 23.3 Å². The summed E-state index contributed by atoms with van der Waals surface area (Å²) in [4.78, 5) is 26.5. The highest BCUT2D eigenvalue weighted by molar-refractivity contribution is 6.04. The molecule has 0 unspecified atom stereocenters. The van der Waals surface area contributed by atoms with Crippen molar-refractivity contribution in [1.82, 2.24) is 9.55 Å². The molecule has 2 aromatic rings. The zero-order valence-electron chi connectivity index (χ0n) is 10.1. The van der Waals surface area contributed by atoms with Crippen LogP contribution in [0, 0.1) is 0 Å². The minimum Gasteiger partial charge on any atom is -0.478 e. The molecule has 1 amide bonds. The van der Waals surface area contributed by atoms with Crippen molar-refractivity contribution in [3.8, 4) is 0 Å². The molecular formula is C12H12N4O3. The van der Waals surface area contributed by atoms with Crippen LogP contribution in [0.15, 0.2) is 30.7 Å². The van der Waals surface area contributed by atoms with Crippen LogP contribution in [-0.2, 0) is 7.05 Å². The van der Waals surface area contributed by atoms with Crippen LogP contribution in [0.25, 0.3) is 0 Å². The summed E-state index contributed by atoms with van der Waals surface area (Å²) in [6.07, 6.45) is 3.07. The molecule has 19 heavy (non-hydrogen) atoms. The van der Waals surface area contributed by atoms with Gasteiger partial charge in [-0.25, -0.2) is 9.78 Å². The number of imidazole rings is 1. The molecular weight excluding hydrogens is 248 g/mol. The Morgan fingerprint density at radius 3 is 2.68 bits per heavy atom. The molecule has 0 saturated carbocycles. The fraction of sp³-hybridized carbons (Fsp3) is 0.0833. The van der Waals surface area contributed by atoms with Crippen molar-refractivity contribution in [2.24, 2.45) is 7.05 Å². The molecule has 0 aliphatic carbocycles. The standard InChI is InChI=1S/C12H12N4O3/c1-16-5-10(14-6-16)11(17)15-9-3-2-7(12(18)19)4-8(9)13/h2-6H,13H2,1H3,(H,15,17)(H,18,19). The number of benzene rings is 1. The van der Waals surface area contributed by atoms with Gasteiger partial charge in [-0.3, -0.25) is 4.79 Å². The van der Waals surface area contributed by atoms with E-state index in [1.54, 1.807) is 17.8 Å². The average molecular weight is 260 g/mol. The maximum atomic E-state index is 11.8. The summed E-state index contributed by atoms with van der Waals surface area (Å²) in [7, 11) is 1.75. The predicted octanol–water partition coefficient (Wildman–Crippen LogP) is 0.953. The number of carbonyl (C=O) groups is 2. The first-order valence-corrected chi connectivity index (χ1v) is 5.39. The molecule has 4 N–H and O–H groups in total. The molecule has 1 aromatic heterocycles. The quantitative estimate of drug-likeness (QED) is 0.712. The van der Waals surface area contributed by atoms with Crippen LogP contribution in [0.5, 0.6) is 0 Å². The Morgan fingerprint density at radius 1 is 1.42 bits per heavy atom. The highest BCUT2D eigenvalue weighted by Gasteiger charge is 2.12. The van der Waals surface area contributed by atoms with E-state index in [2.05, 4.69) is 10.3 Å². The lowest BCUT2D eigenvalue weighted by Gasteiger charge is -2.07. The fourth-order valence-corrected chi connectivity index (χ4v) is 1.53. The number of aromatic nitrogens is 2. The number of carboxylic acids is 1. The van der Waals surface area contributed by atoms with Gasteiger partial charge in [0.2, 0.25) is 0 Å². The van der Waals surface area contributed by atoms with Gasteiger partial charge in [-0.1, -0.05) is 0 Å². The van der Waals surface area contributed by atoms with Crippen molar-refractivity contribution in [3.63, 3.8) is 0 Å². The van der Waals surface area contributed by atoms with Gasteiger partial charge in [0.1, 0.15) is 5.69 Å². The lowest BCUT2D eigenvalue weighted by atomic mass is 10.1. The lowest BCUT2D eigenvalue weighted by molar-refractivity contribution is 0.0697. The number of amides is 1. The molecule has 7 nitrogen and oxygen atoms in total. The van der Waals surface area contributed by atoms with E-state index in [4.69, 9.17) is 10.8 Å². The third-order valence-electron chi connectivity index (χ3n) is 2.48. The summed E-state index contributed by atoms with van der Waals surface area (Å²) < 4.78 is 1.64. The highest BCUT2D eigenvalue weighted by Crippen LogP contribution is 2.20. The molecule has 0 spiro atoms. The van der Waals surface area contributed by atoms with Crippen molar-refractivity contribution in [2.75, 3.05) is 11.1 Å². The molecule has 2 rings (SSSR count). The predicted molar refractivity (Wildman–Crippen MR) is 69.0 cm³/mol. The van der Waals surface area contributed by atoms with Crippen LogP contribution in [0.1, 0.15) is 20.8 Å². The van der Waals surface area contributed by atoms with Gasteiger partial charge in [-0.05, 0) is 18.2 Å². The van der Waals surface area contributed by atoms with Crippen LogP contribution in [0.3, 0.4) is 0 Å². The number of hydrogen-bond donors (Lipinski definition) is 3. The van der Waals surface area contributed by atoms with Crippen LogP contribution < -0.4 is 11.1 Å². The first-order valence-electron chi connectivity index (χ1n) is 5.39. The molecule has 0 atom stereocenters. The molecule has 0 saturated heterocycles. The Kier molecular flexibility index (Phi) is 3.19. The zero-order valence-corrected chi connectivity index (χ0v) is 10.1. The topological polar surface area (TPSA) is 110 Å². The van der Waals surface area contributed by atoms with E-state index in [1.165, 1.54) is 24.5 Å². The summed E-state index contributed by atoms with van der Waals surface area (Å²) in [6, 6.07) is 4.10. The SMILES string of the molecule is Cn1cnc(C(=O)Nc2ccc(C(=O)O)cc2N)c1. The molecule has 0 bridgehead atoms. The smallest absolute Gasteiger partial charge is 0.335 e. The molecule has 0 radical (unpaired) electrons. The molecule has 7 heteroatoms. The summed E-state index contributed by atoms with van der Waals surface area (Å²) in [5, 5.41) is 11.4. The first-order chi connectivity index (χ1) is 8.97. The number of nitrogens with two attached hydrogens (primary N) is 1. The van der Waals surface area contributed by atoms with Crippen molar-refractivity contribution in [2.45, 2.75) is 0 Å². The van der Waals surface area contributed by atoms with Crippen LogP contribution in [0.2, 0.25) is 0 Å². The number of rotatable bonds is 3. The number of carbonyl (C=O) groups excluding carboxylic acids is 1. The van der Waals surface area contributed by atoms with Gasteiger partial charge in [-0.2, -0.15) is 0 Å². The maximum absolute atomic E-state index is 11.8. The maximum Gasteiger partial charge on any atom is 0.335 e. The van der Waals surface area contributed by atoms with E-state index in [-0.39, 0.29) is 16.9 Å². The second kappa shape index (κ2) is 4.81. The number of nitrogens with one attached hydrogen (secondary N) is 1. The largest absolute Gasteiger partial charge is 0.478 e. The van der Waals surface area contributed by atoms with Gasteiger partial charge in [0.05, 0.1) is 23.3 Å². The van der Waals surface area contributed by atoms with E-state index >= 15 is 0 Å². The molecule has 0 aliphatic rings. The Balaban J connectivity index is 2.20. The average Bonchev–Trinajstić information content (AvgIpc) is 2.78. The lowest BCUT2D eigenvalue weighted by Crippen LogP contribution is -2.14. The van der Waals surface area contributed by atoms with Gasteiger partial charge >= 0.3 is 5.97 Å². The van der Waals surface area contributed by atoms with E-state index in [0.717, 1.165) is 0 Å². The van der Waals surface area contributed by atoms with Gasteiger partial charge < -0.3 is 20.7 Å². The van der Waals surface area contributed by atoms with Crippen molar-refractivity contribution in [1.29, 1.82) is 0 Å². The third kappa shape index (κ3) is 2.71. The van der Waals surface area contributed by atoms with E-state index in [9.17, 15) is 9.59 Å². The van der Waals surface area contributed by atoms with Gasteiger partial charge in [0.25, 0.3) is 5.91 Å².